The van der Waals surface area contributed by atoms with Gasteiger partial charge in [0.25, 0.3) is 0 Å². The highest BCUT2D eigenvalue weighted by molar-refractivity contribution is 5.83. The van der Waals surface area contributed by atoms with Crippen LogP contribution in [0.25, 0.3) is 0 Å². The Hall–Kier alpha value is -2.24. The van der Waals surface area contributed by atoms with Crippen molar-refractivity contribution in [2.24, 2.45) is 0 Å². The third-order valence-corrected chi connectivity index (χ3v) is 5.33. The molecule has 2 fully saturated rings. The van der Waals surface area contributed by atoms with E-state index < -0.39 is 0 Å². The summed E-state index contributed by atoms with van der Waals surface area (Å²) in [6.45, 7) is 2.97. The van der Waals surface area contributed by atoms with Crippen LogP contribution in [-0.4, -0.2) is 28.4 Å². The second kappa shape index (κ2) is 6.94. The summed E-state index contributed by atoms with van der Waals surface area (Å²) in [5.74, 6) is 0.191. The number of amides is 1. The number of nitrogens with one attached hydrogen (secondary N) is 2. The molecule has 5 nitrogen and oxygen atoms in total. The second-order valence-electron chi connectivity index (χ2n) is 6.93. The van der Waals surface area contributed by atoms with Crippen molar-refractivity contribution in [1.29, 1.82) is 0 Å². The molecule has 0 radical (unpaired) electrons. The zero-order chi connectivity index (χ0) is 17.2. The molecule has 5 heteroatoms. The molecule has 0 bridgehead atoms. The van der Waals surface area contributed by atoms with Crippen molar-refractivity contribution in [3.05, 3.63) is 65.5 Å². The van der Waals surface area contributed by atoms with Crippen LogP contribution in [0.15, 0.2) is 48.7 Å². The average molecular weight is 336 g/mol. The average Bonchev–Trinajstić information content (AvgIpc) is 3.32. The summed E-state index contributed by atoms with van der Waals surface area (Å²) in [6.07, 6.45) is 4.63. The van der Waals surface area contributed by atoms with E-state index >= 15 is 0 Å². The van der Waals surface area contributed by atoms with Gasteiger partial charge in [-0.05, 0) is 49.4 Å². The molecule has 3 heterocycles. The first-order valence-corrected chi connectivity index (χ1v) is 9.02. The summed E-state index contributed by atoms with van der Waals surface area (Å²) in [6, 6.07) is 14.4. The highest BCUT2D eigenvalue weighted by Gasteiger charge is 2.38. The van der Waals surface area contributed by atoms with Crippen molar-refractivity contribution in [3.8, 4) is 0 Å². The summed E-state index contributed by atoms with van der Waals surface area (Å²) < 4.78 is 0. The summed E-state index contributed by atoms with van der Waals surface area (Å²) >= 11 is 0. The maximum atomic E-state index is 13.1. The van der Waals surface area contributed by atoms with Gasteiger partial charge in [0.05, 0.1) is 17.8 Å². The van der Waals surface area contributed by atoms with Gasteiger partial charge < -0.3 is 4.90 Å². The molecule has 2 saturated heterocycles. The minimum atomic E-state index is -0.198. The standard InChI is InChI=1S/C20H24N4O/c1-14-7-2-3-8-15(14)19-10-6-12-24(19)20(25)18-13-17(22-23-18)16-9-4-5-11-21-16/h2-5,7-9,11,17-19,22-23H,6,10,12-13H2,1H3. The number of pyridine rings is 1. The number of likely N-dealkylation sites (tertiary alicyclic amines) is 1. The van der Waals surface area contributed by atoms with E-state index in [1.807, 2.05) is 18.2 Å². The molecule has 3 unspecified atom stereocenters. The van der Waals surface area contributed by atoms with Crippen molar-refractivity contribution < 1.29 is 4.79 Å². The van der Waals surface area contributed by atoms with Crippen LogP contribution in [0, 0.1) is 6.92 Å². The predicted molar refractivity (Wildman–Crippen MR) is 96.5 cm³/mol. The lowest BCUT2D eigenvalue weighted by molar-refractivity contribution is -0.134. The molecule has 0 aliphatic carbocycles. The van der Waals surface area contributed by atoms with Crippen LogP contribution in [-0.2, 0) is 4.79 Å². The van der Waals surface area contributed by atoms with Gasteiger partial charge in [-0.15, -0.1) is 0 Å². The summed E-state index contributed by atoms with van der Waals surface area (Å²) in [4.78, 5) is 19.6. The number of rotatable bonds is 3. The molecule has 1 amide bonds. The van der Waals surface area contributed by atoms with Gasteiger partial charge >= 0.3 is 0 Å². The largest absolute Gasteiger partial charge is 0.334 e. The number of benzene rings is 1. The number of hydrogen-bond acceptors (Lipinski definition) is 4. The van der Waals surface area contributed by atoms with Crippen LogP contribution in [0.5, 0.6) is 0 Å². The van der Waals surface area contributed by atoms with Gasteiger partial charge in [0.15, 0.2) is 0 Å². The lowest BCUT2D eigenvalue weighted by Gasteiger charge is -2.28. The van der Waals surface area contributed by atoms with Gasteiger partial charge in [0, 0.05) is 12.7 Å². The number of carbonyl (C=O) groups is 1. The molecule has 25 heavy (non-hydrogen) atoms. The van der Waals surface area contributed by atoms with Crippen LogP contribution in [0.3, 0.4) is 0 Å². The monoisotopic (exact) mass is 336 g/mol. The van der Waals surface area contributed by atoms with Crippen LogP contribution >= 0.6 is 0 Å². The number of nitrogens with zero attached hydrogens (tertiary/aromatic N) is 2. The Kier molecular flexibility index (Phi) is 4.51. The molecule has 0 saturated carbocycles. The Morgan fingerprint density at radius 2 is 2.00 bits per heavy atom. The van der Waals surface area contributed by atoms with Crippen molar-refractivity contribution in [2.45, 2.75) is 44.3 Å². The van der Waals surface area contributed by atoms with E-state index in [0.717, 1.165) is 31.5 Å². The van der Waals surface area contributed by atoms with Crippen molar-refractivity contribution in [1.82, 2.24) is 20.7 Å². The fraction of sp³-hybridized carbons (Fsp3) is 0.400. The number of hydrogen-bond donors (Lipinski definition) is 2. The molecule has 2 N–H and O–H groups in total. The third-order valence-electron chi connectivity index (χ3n) is 5.33. The normalized spacial score (nSPS) is 26.1. The van der Waals surface area contributed by atoms with E-state index in [1.165, 1.54) is 11.1 Å². The summed E-state index contributed by atoms with van der Waals surface area (Å²) in [5, 5.41) is 0. The number of aromatic nitrogens is 1. The number of hydrazine groups is 1. The van der Waals surface area contributed by atoms with E-state index in [2.05, 4.69) is 51.9 Å². The van der Waals surface area contributed by atoms with Crippen molar-refractivity contribution in [2.75, 3.05) is 6.54 Å². The maximum absolute atomic E-state index is 13.1. The SMILES string of the molecule is Cc1ccccc1C1CCCN1C(=O)C1CC(c2ccccn2)NN1. The summed E-state index contributed by atoms with van der Waals surface area (Å²) in [5.41, 5.74) is 9.93. The molecule has 4 rings (SSSR count). The van der Waals surface area contributed by atoms with Crippen molar-refractivity contribution >= 4 is 5.91 Å². The topological polar surface area (TPSA) is 57.3 Å². The van der Waals surface area contributed by atoms with E-state index in [1.54, 1.807) is 6.20 Å². The van der Waals surface area contributed by atoms with Gasteiger partial charge in [0.2, 0.25) is 5.91 Å². The Balaban J connectivity index is 1.48. The molecule has 1 aromatic carbocycles. The first-order valence-electron chi connectivity index (χ1n) is 9.02. The summed E-state index contributed by atoms with van der Waals surface area (Å²) in [7, 11) is 0. The molecular weight excluding hydrogens is 312 g/mol. The van der Waals surface area contributed by atoms with Gasteiger partial charge in [-0.1, -0.05) is 30.3 Å². The molecule has 2 aliphatic heterocycles. The first kappa shape index (κ1) is 16.2. The lowest BCUT2D eigenvalue weighted by Crippen LogP contribution is -2.45. The third kappa shape index (κ3) is 3.17. The van der Waals surface area contributed by atoms with E-state index in [-0.39, 0.29) is 24.0 Å². The fourth-order valence-corrected chi connectivity index (χ4v) is 4.01. The van der Waals surface area contributed by atoms with E-state index in [0.29, 0.717) is 0 Å². The van der Waals surface area contributed by atoms with E-state index in [9.17, 15) is 4.79 Å². The lowest BCUT2D eigenvalue weighted by atomic mass is 9.98. The number of carbonyl (C=O) groups excluding carboxylic acids is 1. The molecule has 0 spiro atoms. The first-order chi connectivity index (χ1) is 12.2. The highest BCUT2D eigenvalue weighted by Crippen LogP contribution is 2.35. The fourth-order valence-electron chi connectivity index (χ4n) is 4.01. The molecule has 3 atom stereocenters. The smallest absolute Gasteiger partial charge is 0.241 e. The van der Waals surface area contributed by atoms with Crippen molar-refractivity contribution in [3.63, 3.8) is 0 Å². The van der Waals surface area contributed by atoms with Gasteiger partial charge in [-0.25, -0.2) is 10.9 Å². The quantitative estimate of drug-likeness (QED) is 0.905. The molecular formula is C20H24N4O. The van der Waals surface area contributed by atoms with Crippen LogP contribution in [0.2, 0.25) is 0 Å². The minimum Gasteiger partial charge on any atom is -0.334 e. The van der Waals surface area contributed by atoms with Crippen LogP contribution in [0.1, 0.15) is 48.2 Å². The highest BCUT2D eigenvalue weighted by atomic mass is 16.2. The Labute approximate surface area is 148 Å². The second-order valence-corrected chi connectivity index (χ2v) is 6.93. The Morgan fingerprint density at radius 1 is 1.16 bits per heavy atom. The Morgan fingerprint density at radius 3 is 2.80 bits per heavy atom. The van der Waals surface area contributed by atoms with Crippen LogP contribution in [0.4, 0.5) is 0 Å². The zero-order valence-corrected chi connectivity index (χ0v) is 14.5. The Bertz CT molecular complexity index is 748. The zero-order valence-electron chi connectivity index (χ0n) is 14.5. The van der Waals surface area contributed by atoms with E-state index in [4.69, 9.17) is 0 Å². The molecule has 2 aromatic rings. The molecule has 2 aliphatic rings. The molecule has 130 valence electrons. The van der Waals surface area contributed by atoms with Gasteiger partial charge in [-0.2, -0.15) is 0 Å². The minimum absolute atomic E-state index is 0.0784. The number of aryl methyl sites for hydroxylation is 1. The predicted octanol–water partition coefficient (Wildman–Crippen LogP) is 2.66. The maximum Gasteiger partial charge on any atom is 0.241 e. The van der Waals surface area contributed by atoms with Gasteiger partial charge in [-0.3, -0.25) is 9.78 Å². The van der Waals surface area contributed by atoms with Crippen LogP contribution < -0.4 is 10.9 Å². The van der Waals surface area contributed by atoms with Gasteiger partial charge in [0.1, 0.15) is 6.04 Å². The molecule has 1 aromatic heterocycles.